The Labute approximate surface area is 75.9 Å². The molecule has 0 aromatic carbocycles. The van der Waals surface area contributed by atoms with Crippen molar-refractivity contribution in [1.82, 2.24) is 4.90 Å². The minimum atomic E-state index is 0.305. The van der Waals surface area contributed by atoms with Gasteiger partial charge in [0.2, 0.25) is 0 Å². The van der Waals surface area contributed by atoms with Crippen molar-refractivity contribution in [1.29, 1.82) is 0 Å². The smallest absolute Gasteiger partial charge is 0.0618 e. The lowest BCUT2D eigenvalue weighted by molar-refractivity contribution is 0.0604. The number of methoxy groups -OCH3 is 1. The molecule has 0 bridgehead atoms. The van der Waals surface area contributed by atoms with Gasteiger partial charge in [0.25, 0.3) is 0 Å². The van der Waals surface area contributed by atoms with Gasteiger partial charge in [-0.1, -0.05) is 0 Å². The molecule has 0 aromatic heterocycles. The van der Waals surface area contributed by atoms with Crippen LogP contribution in [0.25, 0.3) is 0 Å². The summed E-state index contributed by atoms with van der Waals surface area (Å²) in [5, 5.41) is 0. The van der Waals surface area contributed by atoms with Crippen molar-refractivity contribution in [2.24, 2.45) is 0 Å². The largest absolute Gasteiger partial charge is 0.383 e. The van der Waals surface area contributed by atoms with E-state index in [1.54, 1.807) is 7.11 Å². The highest BCUT2D eigenvalue weighted by atomic mass is 16.5. The highest BCUT2D eigenvalue weighted by Crippen LogP contribution is 2.26. The zero-order valence-electron chi connectivity index (χ0n) is 8.76. The highest BCUT2D eigenvalue weighted by molar-refractivity contribution is 4.87. The van der Waals surface area contributed by atoms with Crippen LogP contribution in [0.1, 0.15) is 33.6 Å². The highest BCUT2D eigenvalue weighted by Gasteiger charge is 2.32. The third-order valence-corrected chi connectivity index (χ3v) is 2.60. The number of rotatable bonds is 2. The summed E-state index contributed by atoms with van der Waals surface area (Å²) in [6, 6.07) is 0.648. The first kappa shape index (κ1) is 10.0. The second-order valence-electron chi connectivity index (χ2n) is 4.62. The minimum absolute atomic E-state index is 0.305. The average molecular weight is 171 g/mol. The fourth-order valence-electron chi connectivity index (χ4n) is 2.08. The van der Waals surface area contributed by atoms with Crippen LogP contribution in [0.5, 0.6) is 0 Å². The number of hydrogen-bond donors (Lipinski definition) is 0. The average Bonchev–Trinajstić information content (AvgIpc) is 2.34. The predicted octanol–water partition coefficient (Wildman–Crippen LogP) is 1.90. The van der Waals surface area contributed by atoms with Crippen LogP contribution in [0.15, 0.2) is 0 Å². The van der Waals surface area contributed by atoms with Crippen LogP contribution >= 0.6 is 0 Å². The minimum Gasteiger partial charge on any atom is -0.383 e. The molecule has 1 atom stereocenters. The Morgan fingerprint density at radius 3 is 2.58 bits per heavy atom. The van der Waals surface area contributed by atoms with E-state index in [1.807, 2.05) is 0 Å². The summed E-state index contributed by atoms with van der Waals surface area (Å²) in [6.45, 7) is 8.96. The third-order valence-electron chi connectivity index (χ3n) is 2.60. The van der Waals surface area contributed by atoms with E-state index in [4.69, 9.17) is 4.74 Å². The van der Waals surface area contributed by atoms with Crippen LogP contribution in [0, 0.1) is 0 Å². The van der Waals surface area contributed by atoms with Gasteiger partial charge in [-0.05, 0) is 40.2 Å². The topological polar surface area (TPSA) is 12.5 Å². The van der Waals surface area contributed by atoms with Gasteiger partial charge in [-0.15, -0.1) is 0 Å². The third kappa shape index (κ3) is 2.20. The van der Waals surface area contributed by atoms with E-state index in [2.05, 4.69) is 25.7 Å². The van der Waals surface area contributed by atoms with Gasteiger partial charge >= 0.3 is 0 Å². The quantitative estimate of drug-likeness (QED) is 0.629. The lowest BCUT2D eigenvalue weighted by Gasteiger charge is -2.36. The number of nitrogens with zero attached hydrogens (tertiary/aromatic N) is 1. The molecule has 1 unspecified atom stereocenters. The molecule has 12 heavy (non-hydrogen) atoms. The molecule has 0 spiro atoms. The summed E-state index contributed by atoms with van der Waals surface area (Å²) in [7, 11) is 1.79. The fourth-order valence-corrected chi connectivity index (χ4v) is 2.08. The maximum Gasteiger partial charge on any atom is 0.0618 e. The predicted molar refractivity (Wildman–Crippen MR) is 51.4 cm³/mol. The Bertz CT molecular complexity index is 139. The molecule has 0 saturated carbocycles. The number of hydrogen-bond acceptors (Lipinski definition) is 2. The second kappa shape index (κ2) is 3.75. The normalized spacial score (nSPS) is 26.5. The summed E-state index contributed by atoms with van der Waals surface area (Å²) >= 11 is 0. The van der Waals surface area contributed by atoms with Crippen molar-refractivity contribution in [2.45, 2.75) is 45.2 Å². The first-order chi connectivity index (χ1) is 5.55. The molecule has 1 saturated heterocycles. The van der Waals surface area contributed by atoms with E-state index in [0.717, 1.165) is 6.61 Å². The Morgan fingerprint density at radius 1 is 1.42 bits per heavy atom. The van der Waals surface area contributed by atoms with E-state index < -0.39 is 0 Å². The Hall–Kier alpha value is -0.0800. The molecule has 1 fully saturated rings. The van der Waals surface area contributed by atoms with Crippen molar-refractivity contribution in [2.75, 3.05) is 20.3 Å². The molecule has 0 radical (unpaired) electrons. The molecule has 1 rings (SSSR count). The second-order valence-corrected chi connectivity index (χ2v) is 4.62. The van der Waals surface area contributed by atoms with Crippen LogP contribution < -0.4 is 0 Å². The molecule has 1 aliphatic heterocycles. The van der Waals surface area contributed by atoms with E-state index in [1.165, 1.54) is 19.4 Å². The molecule has 1 aliphatic rings. The first-order valence-electron chi connectivity index (χ1n) is 4.81. The molecule has 0 aliphatic carbocycles. The standard InChI is InChI=1S/C10H21NO/c1-10(2,3)11-7-5-6-9(11)8-12-4/h9H,5-8H2,1-4H3. The first-order valence-corrected chi connectivity index (χ1v) is 4.81. The van der Waals surface area contributed by atoms with Gasteiger partial charge in [0.15, 0.2) is 0 Å². The van der Waals surface area contributed by atoms with Gasteiger partial charge < -0.3 is 4.74 Å². The summed E-state index contributed by atoms with van der Waals surface area (Å²) in [5.41, 5.74) is 0.305. The molecule has 2 heteroatoms. The Kier molecular flexibility index (Phi) is 3.13. The zero-order valence-corrected chi connectivity index (χ0v) is 8.76. The maximum absolute atomic E-state index is 5.21. The molecule has 0 amide bonds. The lowest BCUT2D eigenvalue weighted by atomic mass is 10.1. The van der Waals surface area contributed by atoms with Crippen molar-refractivity contribution < 1.29 is 4.74 Å². The fraction of sp³-hybridized carbons (Fsp3) is 1.00. The van der Waals surface area contributed by atoms with Crippen molar-refractivity contribution in [3.63, 3.8) is 0 Å². The SMILES string of the molecule is COCC1CCCN1C(C)(C)C. The molecule has 72 valence electrons. The van der Waals surface area contributed by atoms with Crippen LogP contribution in [0.2, 0.25) is 0 Å². The van der Waals surface area contributed by atoms with Crippen molar-refractivity contribution in [3.05, 3.63) is 0 Å². The summed E-state index contributed by atoms with van der Waals surface area (Å²) in [4.78, 5) is 2.55. The molecule has 1 heterocycles. The van der Waals surface area contributed by atoms with Crippen LogP contribution in [-0.4, -0.2) is 36.7 Å². The Morgan fingerprint density at radius 2 is 2.08 bits per heavy atom. The zero-order chi connectivity index (χ0) is 9.19. The van der Waals surface area contributed by atoms with Crippen LogP contribution in [0.3, 0.4) is 0 Å². The van der Waals surface area contributed by atoms with Gasteiger partial charge in [-0.25, -0.2) is 0 Å². The van der Waals surface area contributed by atoms with E-state index in [9.17, 15) is 0 Å². The van der Waals surface area contributed by atoms with Crippen molar-refractivity contribution >= 4 is 0 Å². The molecular weight excluding hydrogens is 150 g/mol. The van der Waals surface area contributed by atoms with Crippen LogP contribution in [0.4, 0.5) is 0 Å². The molecule has 0 aromatic rings. The van der Waals surface area contributed by atoms with Gasteiger partial charge in [-0.2, -0.15) is 0 Å². The summed E-state index contributed by atoms with van der Waals surface area (Å²) in [5.74, 6) is 0. The number of likely N-dealkylation sites (tertiary alicyclic amines) is 1. The number of ether oxygens (including phenoxy) is 1. The monoisotopic (exact) mass is 171 g/mol. The van der Waals surface area contributed by atoms with Gasteiger partial charge in [0, 0.05) is 18.7 Å². The molecule has 0 N–H and O–H groups in total. The maximum atomic E-state index is 5.21. The van der Waals surface area contributed by atoms with E-state index in [-0.39, 0.29) is 0 Å². The van der Waals surface area contributed by atoms with Gasteiger partial charge in [0.1, 0.15) is 0 Å². The van der Waals surface area contributed by atoms with Gasteiger partial charge in [-0.3, -0.25) is 4.90 Å². The summed E-state index contributed by atoms with van der Waals surface area (Å²) in [6.07, 6.45) is 2.62. The van der Waals surface area contributed by atoms with Crippen molar-refractivity contribution in [3.8, 4) is 0 Å². The van der Waals surface area contributed by atoms with Gasteiger partial charge in [0.05, 0.1) is 6.61 Å². The van der Waals surface area contributed by atoms with E-state index in [0.29, 0.717) is 11.6 Å². The molecule has 2 nitrogen and oxygen atoms in total. The molecular formula is C10H21NO. The Balaban J connectivity index is 2.52. The lowest BCUT2D eigenvalue weighted by Crippen LogP contribution is -2.46. The summed E-state index contributed by atoms with van der Waals surface area (Å²) < 4.78 is 5.21. The van der Waals surface area contributed by atoms with Crippen LogP contribution in [-0.2, 0) is 4.74 Å². The van der Waals surface area contributed by atoms with E-state index >= 15 is 0 Å².